The van der Waals surface area contributed by atoms with Gasteiger partial charge in [-0.05, 0) is 49.2 Å². The third-order valence-corrected chi connectivity index (χ3v) is 4.23. The normalized spacial score (nSPS) is 11.0. The summed E-state index contributed by atoms with van der Waals surface area (Å²) in [5, 5.41) is 15.9. The molecule has 0 fully saturated rings. The van der Waals surface area contributed by atoms with Crippen LogP contribution in [0.5, 0.6) is 5.75 Å². The number of hydrogen-bond acceptors (Lipinski definition) is 3. The lowest BCUT2D eigenvalue weighted by molar-refractivity contribution is 0.414. The van der Waals surface area contributed by atoms with E-state index in [1.165, 1.54) is 18.2 Å². The van der Waals surface area contributed by atoms with Gasteiger partial charge in [0, 0.05) is 23.7 Å². The monoisotopic (exact) mass is 388 g/mol. The highest BCUT2D eigenvalue weighted by atomic mass is 35.5. The predicted octanol–water partition coefficient (Wildman–Crippen LogP) is 3.66. The highest BCUT2D eigenvalue weighted by Gasteiger charge is 2.06. The van der Waals surface area contributed by atoms with E-state index in [2.05, 4.69) is 15.6 Å². The fraction of sp³-hybridized carbons (Fsp3) is 0.300. The summed E-state index contributed by atoms with van der Waals surface area (Å²) >= 11 is 6.25. The van der Waals surface area contributed by atoms with Gasteiger partial charge in [0.15, 0.2) is 5.96 Å². The molecule has 2 N–H and O–H groups in total. The van der Waals surface area contributed by atoms with Crippen molar-refractivity contribution in [2.24, 2.45) is 4.99 Å². The molecule has 0 heterocycles. The number of ether oxygens (including phenoxy) is 1. The summed E-state index contributed by atoms with van der Waals surface area (Å²) in [6.45, 7) is 3.38. The van der Waals surface area contributed by atoms with Gasteiger partial charge in [-0.15, -0.1) is 0 Å². The molecule has 0 saturated heterocycles. The number of rotatable bonds is 7. The van der Waals surface area contributed by atoms with Gasteiger partial charge in [0.1, 0.15) is 11.6 Å². The molecule has 142 valence electrons. The minimum Gasteiger partial charge on any atom is -0.497 e. The highest BCUT2D eigenvalue weighted by Crippen LogP contribution is 2.22. The second kappa shape index (κ2) is 10.4. The second-order valence-electron chi connectivity index (χ2n) is 5.75. The second-order valence-corrected chi connectivity index (χ2v) is 6.15. The Balaban J connectivity index is 1.99. The Labute approximate surface area is 163 Å². The molecule has 0 saturated carbocycles. The SMILES string of the molecule is CCNC(=NCc1cc(C#N)ccc1F)NCCc1ccc(OC)cc1Cl. The van der Waals surface area contributed by atoms with Gasteiger partial charge >= 0.3 is 0 Å². The molecule has 0 radical (unpaired) electrons. The van der Waals surface area contributed by atoms with Gasteiger partial charge in [-0.1, -0.05) is 17.7 Å². The van der Waals surface area contributed by atoms with E-state index in [0.717, 1.165) is 5.56 Å². The van der Waals surface area contributed by atoms with Crippen molar-refractivity contribution in [2.45, 2.75) is 19.9 Å². The summed E-state index contributed by atoms with van der Waals surface area (Å²) < 4.78 is 19.0. The van der Waals surface area contributed by atoms with Crippen LogP contribution in [0.4, 0.5) is 4.39 Å². The Morgan fingerprint density at radius 2 is 2.04 bits per heavy atom. The molecular weight excluding hydrogens is 367 g/mol. The maximum atomic E-state index is 13.9. The molecule has 0 spiro atoms. The summed E-state index contributed by atoms with van der Waals surface area (Å²) in [4.78, 5) is 4.39. The van der Waals surface area contributed by atoms with Crippen LogP contribution in [0, 0.1) is 17.1 Å². The van der Waals surface area contributed by atoms with Crippen molar-refractivity contribution in [1.82, 2.24) is 10.6 Å². The number of aliphatic imine (C=N–C) groups is 1. The number of nitrogens with zero attached hydrogens (tertiary/aromatic N) is 2. The molecule has 5 nitrogen and oxygen atoms in total. The van der Waals surface area contributed by atoms with Gasteiger partial charge in [0.05, 0.1) is 25.3 Å². The molecule has 7 heteroatoms. The van der Waals surface area contributed by atoms with Gasteiger partial charge in [-0.2, -0.15) is 5.26 Å². The first-order chi connectivity index (χ1) is 13.1. The van der Waals surface area contributed by atoms with E-state index in [4.69, 9.17) is 21.6 Å². The number of benzene rings is 2. The fourth-order valence-corrected chi connectivity index (χ4v) is 2.71. The molecule has 0 bridgehead atoms. The lowest BCUT2D eigenvalue weighted by Gasteiger charge is -2.12. The number of hydrogen-bond donors (Lipinski definition) is 2. The van der Waals surface area contributed by atoms with Crippen molar-refractivity contribution in [3.05, 3.63) is 63.9 Å². The largest absolute Gasteiger partial charge is 0.497 e. The van der Waals surface area contributed by atoms with Gasteiger partial charge in [0.2, 0.25) is 0 Å². The minimum absolute atomic E-state index is 0.139. The number of nitriles is 1. The summed E-state index contributed by atoms with van der Waals surface area (Å²) in [7, 11) is 1.60. The first-order valence-electron chi connectivity index (χ1n) is 8.60. The van der Waals surface area contributed by atoms with Crippen LogP contribution in [0.15, 0.2) is 41.4 Å². The first kappa shape index (κ1) is 20.5. The maximum Gasteiger partial charge on any atom is 0.191 e. The Morgan fingerprint density at radius 3 is 2.70 bits per heavy atom. The van der Waals surface area contributed by atoms with Crippen LogP contribution in [0.1, 0.15) is 23.6 Å². The molecule has 0 amide bonds. The summed E-state index contributed by atoms with van der Waals surface area (Å²) in [6.07, 6.45) is 0.700. The van der Waals surface area contributed by atoms with Crippen molar-refractivity contribution >= 4 is 17.6 Å². The number of guanidine groups is 1. The molecule has 27 heavy (non-hydrogen) atoms. The van der Waals surface area contributed by atoms with E-state index < -0.39 is 0 Å². The zero-order chi connectivity index (χ0) is 19.6. The minimum atomic E-state index is -0.376. The third-order valence-electron chi connectivity index (χ3n) is 3.87. The fourth-order valence-electron chi connectivity index (χ4n) is 2.44. The van der Waals surface area contributed by atoms with Crippen molar-refractivity contribution < 1.29 is 9.13 Å². The van der Waals surface area contributed by atoms with Crippen LogP contribution in [0.3, 0.4) is 0 Å². The summed E-state index contributed by atoms with van der Waals surface area (Å²) in [5.41, 5.74) is 1.78. The van der Waals surface area contributed by atoms with Crippen LogP contribution >= 0.6 is 11.6 Å². The maximum absolute atomic E-state index is 13.9. The first-order valence-corrected chi connectivity index (χ1v) is 8.98. The molecule has 2 rings (SSSR count). The molecule has 0 aliphatic rings. The van der Waals surface area contributed by atoms with Crippen molar-refractivity contribution in [1.29, 1.82) is 5.26 Å². The van der Waals surface area contributed by atoms with Gasteiger partial charge in [-0.3, -0.25) is 0 Å². The number of methoxy groups -OCH3 is 1. The summed E-state index contributed by atoms with van der Waals surface area (Å²) in [5.74, 6) is 0.913. The summed E-state index contributed by atoms with van der Waals surface area (Å²) in [6, 6.07) is 11.8. The molecule has 0 aliphatic heterocycles. The van der Waals surface area contributed by atoms with E-state index >= 15 is 0 Å². The molecule has 2 aromatic carbocycles. The molecular formula is C20H22ClFN4O. The van der Waals surface area contributed by atoms with Crippen LogP contribution in [0.25, 0.3) is 0 Å². The quantitative estimate of drug-likeness (QED) is 0.561. The highest BCUT2D eigenvalue weighted by molar-refractivity contribution is 6.31. The van der Waals surface area contributed by atoms with Crippen molar-refractivity contribution in [2.75, 3.05) is 20.2 Å². The van der Waals surface area contributed by atoms with Crippen LogP contribution in [0.2, 0.25) is 5.02 Å². The Bertz CT molecular complexity index is 848. The van der Waals surface area contributed by atoms with E-state index in [1.807, 2.05) is 25.1 Å². The smallest absolute Gasteiger partial charge is 0.191 e. The Hall–Kier alpha value is -2.78. The van der Waals surface area contributed by atoms with Crippen LogP contribution in [-0.2, 0) is 13.0 Å². The third kappa shape index (κ3) is 6.15. The molecule has 0 aromatic heterocycles. The Morgan fingerprint density at radius 1 is 1.22 bits per heavy atom. The lowest BCUT2D eigenvalue weighted by Crippen LogP contribution is -2.38. The number of halogens is 2. The van der Waals surface area contributed by atoms with Crippen LogP contribution in [-0.4, -0.2) is 26.2 Å². The van der Waals surface area contributed by atoms with Crippen molar-refractivity contribution in [3.63, 3.8) is 0 Å². The zero-order valence-corrected chi connectivity index (χ0v) is 16.1. The van der Waals surface area contributed by atoms with E-state index in [1.54, 1.807) is 13.2 Å². The molecule has 0 unspecified atom stereocenters. The van der Waals surface area contributed by atoms with Gasteiger partial charge in [0.25, 0.3) is 0 Å². The predicted molar refractivity (Wildman–Crippen MR) is 106 cm³/mol. The average Bonchev–Trinajstić information content (AvgIpc) is 2.68. The van der Waals surface area contributed by atoms with E-state index in [9.17, 15) is 4.39 Å². The van der Waals surface area contributed by atoms with Crippen molar-refractivity contribution in [3.8, 4) is 11.8 Å². The topological polar surface area (TPSA) is 69.4 Å². The van der Waals surface area contributed by atoms with Crippen LogP contribution < -0.4 is 15.4 Å². The van der Waals surface area contributed by atoms with E-state index in [0.29, 0.717) is 47.4 Å². The average molecular weight is 389 g/mol. The number of nitrogens with one attached hydrogen (secondary N) is 2. The molecule has 0 aliphatic carbocycles. The van der Waals surface area contributed by atoms with Gasteiger partial charge in [-0.25, -0.2) is 9.38 Å². The molecule has 2 aromatic rings. The standard InChI is InChI=1S/C20H22ClFN4O/c1-3-24-20(26-13-16-10-14(12-23)4-7-19(16)22)25-9-8-15-5-6-17(27-2)11-18(15)21/h4-7,10-11H,3,8-9,13H2,1-2H3,(H2,24,25,26). The van der Waals surface area contributed by atoms with E-state index in [-0.39, 0.29) is 12.4 Å². The zero-order valence-electron chi connectivity index (χ0n) is 15.4. The molecule has 0 atom stereocenters. The Kier molecular flexibility index (Phi) is 7.90. The van der Waals surface area contributed by atoms with Gasteiger partial charge < -0.3 is 15.4 Å². The lowest BCUT2D eigenvalue weighted by atomic mass is 10.1.